The van der Waals surface area contributed by atoms with Crippen LogP contribution in [0.25, 0.3) is 0 Å². The van der Waals surface area contributed by atoms with Crippen molar-refractivity contribution in [2.24, 2.45) is 5.41 Å². The number of rotatable bonds is 20. The molecule has 0 saturated heterocycles. The van der Waals surface area contributed by atoms with Gasteiger partial charge in [-0.3, -0.25) is 0 Å². The van der Waals surface area contributed by atoms with E-state index in [0.29, 0.717) is 52.9 Å². The highest BCUT2D eigenvalue weighted by atomic mass is 16.5. The third kappa shape index (κ3) is 18.2. The molecule has 0 saturated carbocycles. The molecule has 0 aromatic carbocycles. The summed E-state index contributed by atoms with van der Waals surface area (Å²) in [7, 11) is 16.4. The molecule has 0 atom stereocenters. The highest BCUT2D eigenvalue weighted by Crippen LogP contribution is 2.21. The van der Waals surface area contributed by atoms with Crippen molar-refractivity contribution >= 4 is 0 Å². The van der Waals surface area contributed by atoms with Gasteiger partial charge in [0.15, 0.2) is 0 Å². The summed E-state index contributed by atoms with van der Waals surface area (Å²) in [6.07, 6.45) is 0. The third-order valence-electron chi connectivity index (χ3n) is 4.36. The molecule has 0 spiro atoms. The molecule has 0 aromatic heterocycles. The van der Waals surface area contributed by atoms with Gasteiger partial charge in [-0.05, 0) is 56.4 Å². The Labute approximate surface area is 180 Å². The van der Waals surface area contributed by atoms with Crippen molar-refractivity contribution in [3.63, 3.8) is 0 Å². The lowest BCUT2D eigenvalue weighted by molar-refractivity contribution is -0.109. The maximum absolute atomic E-state index is 6.03. The largest absolute Gasteiger partial charge is 0.379 e. The third-order valence-corrected chi connectivity index (χ3v) is 4.36. The van der Waals surface area contributed by atoms with Crippen LogP contribution in [0.2, 0.25) is 0 Å². The van der Waals surface area contributed by atoms with Crippen LogP contribution in [0.15, 0.2) is 0 Å². The Bertz CT molecular complexity index is 299. The summed E-state index contributed by atoms with van der Waals surface area (Å²) in [6.45, 7) is 8.54. The molecule has 0 radical (unpaired) electrons. The zero-order valence-electron chi connectivity index (χ0n) is 20.4. The second-order valence-electron chi connectivity index (χ2n) is 8.92. The second-order valence-corrected chi connectivity index (χ2v) is 8.92. The summed E-state index contributed by atoms with van der Waals surface area (Å²) < 4.78 is 24.1. The Morgan fingerprint density at radius 1 is 0.414 bits per heavy atom. The minimum absolute atomic E-state index is 0.308. The Morgan fingerprint density at radius 3 is 0.793 bits per heavy atom. The highest BCUT2D eigenvalue weighted by Gasteiger charge is 2.32. The summed E-state index contributed by atoms with van der Waals surface area (Å²) in [6, 6.07) is 0. The normalized spacial score (nSPS) is 12.8. The van der Waals surface area contributed by atoms with Crippen LogP contribution < -0.4 is 0 Å². The Kier molecular flexibility index (Phi) is 17.2. The fourth-order valence-electron chi connectivity index (χ4n) is 2.39. The molecule has 0 aromatic rings. The van der Waals surface area contributed by atoms with Crippen molar-refractivity contribution in [2.45, 2.75) is 0 Å². The first-order valence-electron chi connectivity index (χ1n) is 10.6. The number of hydrogen-bond acceptors (Lipinski definition) is 8. The quantitative estimate of drug-likeness (QED) is 0.261. The summed E-state index contributed by atoms with van der Waals surface area (Å²) in [4.78, 5) is 8.49. The van der Waals surface area contributed by atoms with Crippen molar-refractivity contribution in [3.05, 3.63) is 0 Å². The van der Waals surface area contributed by atoms with E-state index in [9.17, 15) is 0 Å². The van der Waals surface area contributed by atoms with Gasteiger partial charge in [-0.1, -0.05) is 0 Å². The van der Waals surface area contributed by atoms with Crippen molar-refractivity contribution in [1.82, 2.24) is 19.6 Å². The van der Waals surface area contributed by atoms with Crippen molar-refractivity contribution in [1.29, 1.82) is 0 Å². The standard InChI is InChI=1S/C21H48N4O4/c1-22(2)9-13-26-17-21(18-27-14-10-23(3)4,19-28-15-11-24(5)6)20-29-16-12-25(7)8/h9-20H2,1-8H3. The van der Waals surface area contributed by atoms with Crippen LogP contribution in [0.1, 0.15) is 0 Å². The zero-order valence-corrected chi connectivity index (χ0v) is 20.4. The molecule has 8 nitrogen and oxygen atoms in total. The van der Waals surface area contributed by atoms with Gasteiger partial charge in [0, 0.05) is 26.2 Å². The molecule has 29 heavy (non-hydrogen) atoms. The van der Waals surface area contributed by atoms with E-state index in [-0.39, 0.29) is 5.41 Å². The van der Waals surface area contributed by atoms with Crippen LogP contribution in [-0.2, 0) is 18.9 Å². The summed E-state index contributed by atoms with van der Waals surface area (Å²) >= 11 is 0. The fourth-order valence-corrected chi connectivity index (χ4v) is 2.39. The number of hydrogen-bond donors (Lipinski definition) is 0. The van der Waals surface area contributed by atoms with Crippen molar-refractivity contribution < 1.29 is 18.9 Å². The number of ether oxygens (including phenoxy) is 4. The average Bonchev–Trinajstić information content (AvgIpc) is 2.62. The van der Waals surface area contributed by atoms with E-state index in [0.717, 1.165) is 26.2 Å². The van der Waals surface area contributed by atoms with Crippen LogP contribution in [0.5, 0.6) is 0 Å². The topological polar surface area (TPSA) is 49.9 Å². The fraction of sp³-hybridized carbons (Fsp3) is 1.00. The van der Waals surface area contributed by atoms with E-state index < -0.39 is 0 Å². The molecule has 0 aliphatic heterocycles. The predicted octanol–water partition coefficient (Wildman–Crippen LogP) is 0.286. The summed E-state index contributed by atoms with van der Waals surface area (Å²) in [5.41, 5.74) is -0.308. The molecule has 0 aliphatic rings. The molecule has 0 aliphatic carbocycles. The summed E-state index contributed by atoms with van der Waals surface area (Å²) in [5, 5.41) is 0. The van der Waals surface area contributed by atoms with Crippen LogP contribution in [0.3, 0.4) is 0 Å². The SMILES string of the molecule is CN(C)CCOCC(COCCN(C)C)(COCCN(C)C)COCCN(C)C. The van der Waals surface area contributed by atoms with E-state index in [4.69, 9.17) is 18.9 Å². The van der Waals surface area contributed by atoms with Gasteiger partial charge in [-0.2, -0.15) is 0 Å². The van der Waals surface area contributed by atoms with E-state index in [1.165, 1.54) is 0 Å². The molecular weight excluding hydrogens is 372 g/mol. The first-order chi connectivity index (χ1) is 13.7. The van der Waals surface area contributed by atoms with Gasteiger partial charge in [-0.15, -0.1) is 0 Å². The van der Waals surface area contributed by atoms with Gasteiger partial charge in [0.05, 0.1) is 58.3 Å². The van der Waals surface area contributed by atoms with E-state index in [1.54, 1.807) is 0 Å². The average molecular weight is 421 g/mol. The van der Waals surface area contributed by atoms with Gasteiger partial charge >= 0.3 is 0 Å². The van der Waals surface area contributed by atoms with Crippen molar-refractivity contribution in [2.75, 3.05) is 135 Å². The Balaban J connectivity index is 4.86. The lowest BCUT2D eigenvalue weighted by Gasteiger charge is -2.33. The molecular formula is C21H48N4O4. The van der Waals surface area contributed by atoms with Gasteiger partial charge in [-0.25, -0.2) is 0 Å². The maximum atomic E-state index is 6.03. The zero-order chi connectivity index (χ0) is 22.1. The molecule has 0 bridgehead atoms. The maximum Gasteiger partial charge on any atom is 0.0637 e. The van der Waals surface area contributed by atoms with Crippen molar-refractivity contribution in [3.8, 4) is 0 Å². The molecule has 0 fully saturated rings. The Morgan fingerprint density at radius 2 is 0.621 bits per heavy atom. The van der Waals surface area contributed by atoms with Crippen LogP contribution in [0, 0.1) is 5.41 Å². The highest BCUT2D eigenvalue weighted by molar-refractivity contribution is 4.80. The number of nitrogens with zero attached hydrogens (tertiary/aromatic N) is 4. The summed E-state index contributed by atoms with van der Waals surface area (Å²) in [5.74, 6) is 0. The molecule has 0 unspecified atom stereocenters. The second kappa shape index (κ2) is 17.4. The molecule has 0 amide bonds. The van der Waals surface area contributed by atoms with Crippen LogP contribution >= 0.6 is 0 Å². The first-order valence-corrected chi connectivity index (χ1v) is 10.6. The lowest BCUT2D eigenvalue weighted by Crippen LogP contribution is -2.43. The first kappa shape index (κ1) is 28.7. The van der Waals surface area contributed by atoms with Gasteiger partial charge in [0.2, 0.25) is 0 Å². The van der Waals surface area contributed by atoms with Crippen LogP contribution in [0.4, 0.5) is 0 Å². The molecule has 8 heteroatoms. The van der Waals surface area contributed by atoms with Gasteiger partial charge in [0.25, 0.3) is 0 Å². The predicted molar refractivity (Wildman–Crippen MR) is 120 cm³/mol. The molecule has 176 valence electrons. The molecule has 0 heterocycles. The van der Waals surface area contributed by atoms with Crippen LogP contribution in [-0.4, -0.2) is 155 Å². The molecule has 0 N–H and O–H groups in total. The molecule has 0 rings (SSSR count). The number of likely N-dealkylation sites (N-methyl/N-ethyl adjacent to an activating group) is 4. The Hall–Kier alpha value is -0.320. The van der Waals surface area contributed by atoms with E-state index in [1.807, 2.05) is 0 Å². The van der Waals surface area contributed by atoms with Gasteiger partial charge < -0.3 is 38.5 Å². The minimum Gasteiger partial charge on any atom is -0.379 e. The lowest BCUT2D eigenvalue weighted by atomic mass is 9.92. The van der Waals surface area contributed by atoms with E-state index in [2.05, 4.69) is 76.0 Å². The van der Waals surface area contributed by atoms with E-state index >= 15 is 0 Å². The minimum atomic E-state index is -0.308. The van der Waals surface area contributed by atoms with Gasteiger partial charge in [0.1, 0.15) is 0 Å². The monoisotopic (exact) mass is 420 g/mol. The smallest absolute Gasteiger partial charge is 0.0637 e.